The minimum Gasteiger partial charge on any atom is -0.477 e. The second-order valence-corrected chi connectivity index (χ2v) is 4.86. The van der Waals surface area contributed by atoms with Crippen LogP contribution in [0.4, 0.5) is 5.69 Å². The Morgan fingerprint density at radius 1 is 1.37 bits per heavy atom. The van der Waals surface area contributed by atoms with E-state index in [4.69, 9.17) is 27.2 Å². The number of carboxylic acids is 1. The summed E-state index contributed by atoms with van der Waals surface area (Å²) >= 11 is 9.10. The zero-order valence-electron chi connectivity index (χ0n) is 9.43. The number of benzene rings is 1. The Balaban J connectivity index is 2.37. The lowest BCUT2D eigenvalue weighted by atomic mass is 10.3. The first-order valence-electron chi connectivity index (χ1n) is 5.10. The van der Waals surface area contributed by atoms with E-state index in [1.807, 2.05) is 0 Å². The Kier molecular flexibility index (Phi) is 3.92. The quantitative estimate of drug-likeness (QED) is 0.890. The summed E-state index contributed by atoms with van der Waals surface area (Å²) in [6, 6.07) is 7.64. The fraction of sp³-hybridized carbons (Fsp3) is 0. The summed E-state index contributed by atoms with van der Waals surface area (Å²) < 4.78 is 6.09. The lowest BCUT2D eigenvalue weighted by Crippen LogP contribution is -2.03. The third-order valence-electron chi connectivity index (χ3n) is 2.21. The zero-order valence-corrected chi connectivity index (χ0v) is 11.8. The van der Waals surface area contributed by atoms with E-state index >= 15 is 0 Å². The molecule has 0 unspecified atom stereocenters. The molecule has 0 spiro atoms. The minimum absolute atomic E-state index is 0.0305. The average molecular weight is 344 g/mol. The van der Waals surface area contributed by atoms with E-state index < -0.39 is 5.97 Å². The van der Waals surface area contributed by atoms with Crippen LogP contribution in [0.3, 0.4) is 0 Å². The van der Waals surface area contributed by atoms with Gasteiger partial charge in [0, 0.05) is 5.02 Å². The zero-order chi connectivity index (χ0) is 14.0. The maximum absolute atomic E-state index is 10.8. The van der Waals surface area contributed by atoms with Crippen LogP contribution >= 0.6 is 27.5 Å². The smallest absolute Gasteiger partial charge is 0.354 e. The lowest BCUT2D eigenvalue weighted by molar-refractivity contribution is 0.0689. The maximum Gasteiger partial charge on any atom is 0.354 e. The van der Waals surface area contributed by atoms with Crippen LogP contribution in [0.5, 0.6) is 11.6 Å². The summed E-state index contributed by atoms with van der Waals surface area (Å²) in [5.74, 6) is -0.686. The molecule has 0 radical (unpaired) electrons. The topological polar surface area (TPSA) is 85.4 Å². The second-order valence-electron chi connectivity index (χ2n) is 3.57. The first-order chi connectivity index (χ1) is 8.97. The highest BCUT2D eigenvalue weighted by atomic mass is 79.9. The molecule has 0 fully saturated rings. The van der Waals surface area contributed by atoms with Crippen LogP contribution in [0.25, 0.3) is 0 Å². The molecule has 98 valence electrons. The average Bonchev–Trinajstić information content (AvgIpc) is 2.34. The van der Waals surface area contributed by atoms with Crippen molar-refractivity contribution in [3.05, 3.63) is 45.5 Å². The monoisotopic (exact) mass is 342 g/mol. The van der Waals surface area contributed by atoms with Crippen molar-refractivity contribution in [2.45, 2.75) is 0 Å². The van der Waals surface area contributed by atoms with E-state index in [9.17, 15) is 4.79 Å². The first kappa shape index (κ1) is 13.6. The minimum atomic E-state index is -1.15. The fourth-order valence-electron chi connectivity index (χ4n) is 1.31. The van der Waals surface area contributed by atoms with E-state index in [0.29, 0.717) is 15.2 Å². The largest absolute Gasteiger partial charge is 0.477 e. The number of nitrogen functional groups attached to an aromatic ring is 1. The van der Waals surface area contributed by atoms with Crippen molar-refractivity contribution in [1.82, 2.24) is 4.98 Å². The van der Waals surface area contributed by atoms with E-state index in [0.717, 1.165) is 0 Å². The highest BCUT2D eigenvalue weighted by Crippen LogP contribution is 2.33. The molecule has 0 saturated carbocycles. The van der Waals surface area contributed by atoms with E-state index in [1.54, 1.807) is 18.2 Å². The second kappa shape index (κ2) is 5.46. The van der Waals surface area contributed by atoms with Crippen molar-refractivity contribution in [2.75, 3.05) is 5.73 Å². The van der Waals surface area contributed by atoms with Gasteiger partial charge < -0.3 is 15.6 Å². The molecule has 0 saturated heterocycles. The molecule has 0 aliphatic carbocycles. The summed E-state index contributed by atoms with van der Waals surface area (Å²) in [6.07, 6.45) is 0. The number of anilines is 1. The van der Waals surface area contributed by atoms with Crippen LogP contribution in [-0.4, -0.2) is 16.1 Å². The predicted octanol–water partition coefficient (Wildman–Crippen LogP) is 3.57. The van der Waals surface area contributed by atoms with Crippen LogP contribution in [-0.2, 0) is 0 Å². The SMILES string of the molecule is Nc1ccc(C(=O)O)nc1Oc1ccc(Cl)cc1Br. The van der Waals surface area contributed by atoms with Crippen LogP contribution < -0.4 is 10.5 Å². The first-order valence-corrected chi connectivity index (χ1v) is 6.27. The Labute approximate surface area is 122 Å². The van der Waals surface area contributed by atoms with Gasteiger partial charge in [0.25, 0.3) is 0 Å². The van der Waals surface area contributed by atoms with Crippen LogP contribution in [0.2, 0.25) is 5.02 Å². The van der Waals surface area contributed by atoms with Crippen LogP contribution in [0.15, 0.2) is 34.8 Å². The Bertz CT molecular complexity index is 649. The molecular weight excluding hydrogens is 335 g/mol. The van der Waals surface area contributed by atoms with E-state index in [-0.39, 0.29) is 17.3 Å². The molecule has 0 aliphatic rings. The number of ether oxygens (including phenoxy) is 1. The van der Waals surface area contributed by atoms with Crippen molar-refractivity contribution in [1.29, 1.82) is 0 Å². The molecule has 1 aromatic heterocycles. The van der Waals surface area contributed by atoms with Crippen molar-refractivity contribution >= 4 is 39.2 Å². The van der Waals surface area contributed by atoms with Crippen molar-refractivity contribution < 1.29 is 14.6 Å². The Morgan fingerprint density at radius 3 is 2.74 bits per heavy atom. The highest BCUT2D eigenvalue weighted by molar-refractivity contribution is 9.10. The number of pyridine rings is 1. The molecule has 0 bridgehead atoms. The van der Waals surface area contributed by atoms with Crippen molar-refractivity contribution in [3.63, 3.8) is 0 Å². The summed E-state index contributed by atoms with van der Waals surface area (Å²) in [7, 11) is 0. The van der Waals surface area contributed by atoms with Gasteiger partial charge in [0.2, 0.25) is 5.88 Å². The summed E-state index contributed by atoms with van der Waals surface area (Å²) in [4.78, 5) is 14.7. The van der Waals surface area contributed by atoms with Crippen molar-refractivity contribution in [3.8, 4) is 11.6 Å². The molecule has 1 aromatic carbocycles. The number of nitrogens with zero attached hydrogens (tertiary/aromatic N) is 1. The lowest BCUT2D eigenvalue weighted by Gasteiger charge is -2.09. The molecule has 2 rings (SSSR count). The number of hydrogen-bond donors (Lipinski definition) is 2. The van der Waals surface area contributed by atoms with Gasteiger partial charge in [-0.25, -0.2) is 9.78 Å². The molecular formula is C12H8BrClN2O3. The summed E-state index contributed by atoms with van der Waals surface area (Å²) in [5.41, 5.74) is 5.79. The van der Waals surface area contributed by atoms with Gasteiger partial charge in [0.1, 0.15) is 5.75 Å². The van der Waals surface area contributed by atoms with Gasteiger partial charge in [-0.15, -0.1) is 0 Å². The van der Waals surface area contributed by atoms with Gasteiger partial charge in [-0.3, -0.25) is 0 Å². The molecule has 0 atom stereocenters. The summed E-state index contributed by atoms with van der Waals surface area (Å²) in [6.45, 7) is 0. The van der Waals surface area contributed by atoms with E-state index in [2.05, 4.69) is 20.9 Å². The molecule has 0 amide bonds. The number of rotatable bonds is 3. The van der Waals surface area contributed by atoms with E-state index in [1.165, 1.54) is 12.1 Å². The number of hydrogen-bond acceptors (Lipinski definition) is 4. The molecule has 2 aromatic rings. The standard InChI is InChI=1S/C12H8BrClN2O3/c13-7-5-6(14)1-4-10(7)19-11-8(15)2-3-9(16-11)12(17)18/h1-5H,15H2,(H,17,18). The maximum atomic E-state index is 10.8. The third kappa shape index (κ3) is 3.15. The number of carboxylic acid groups (broad SMARTS) is 1. The van der Waals surface area contributed by atoms with Gasteiger partial charge in [0.05, 0.1) is 10.2 Å². The molecule has 19 heavy (non-hydrogen) atoms. The normalized spacial score (nSPS) is 10.2. The number of nitrogens with two attached hydrogens (primary N) is 1. The number of halogens is 2. The molecule has 0 aliphatic heterocycles. The Morgan fingerprint density at radius 2 is 2.11 bits per heavy atom. The van der Waals surface area contributed by atoms with Crippen LogP contribution in [0.1, 0.15) is 10.5 Å². The van der Waals surface area contributed by atoms with Crippen molar-refractivity contribution in [2.24, 2.45) is 0 Å². The van der Waals surface area contributed by atoms with Gasteiger partial charge in [-0.1, -0.05) is 11.6 Å². The predicted molar refractivity (Wildman–Crippen MR) is 74.8 cm³/mol. The van der Waals surface area contributed by atoms with Gasteiger partial charge in [0.15, 0.2) is 5.69 Å². The molecule has 5 nitrogen and oxygen atoms in total. The highest BCUT2D eigenvalue weighted by Gasteiger charge is 2.12. The molecule has 3 N–H and O–H groups in total. The number of aromatic nitrogens is 1. The fourth-order valence-corrected chi connectivity index (χ4v) is 2.08. The molecule has 7 heteroatoms. The van der Waals surface area contributed by atoms with Gasteiger partial charge >= 0.3 is 5.97 Å². The molecule has 1 heterocycles. The number of aromatic carboxylic acids is 1. The van der Waals surface area contributed by atoms with Crippen LogP contribution in [0, 0.1) is 0 Å². The van der Waals surface area contributed by atoms with Gasteiger partial charge in [-0.2, -0.15) is 0 Å². The third-order valence-corrected chi connectivity index (χ3v) is 3.06. The van der Waals surface area contributed by atoms with Gasteiger partial charge in [-0.05, 0) is 46.3 Å². The number of carbonyl (C=O) groups is 1. The Hall–Kier alpha value is -1.79. The summed E-state index contributed by atoms with van der Waals surface area (Å²) in [5, 5.41) is 9.41.